The average molecular weight is 792 g/mol. The molecule has 1 aromatic heterocycles. The molecule has 2 amide bonds. The molecular weight excluding hydrogens is 735 g/mol. The first-order valence-electron chi connectivity index (χ1n) is 21.4. The molecule has 2 bridgehead atoms. The number of carbonyl (C=O) groups excluding carboxylic acids is 4. The molecule has 4 aliphatic carbocycles. The Hall–Kier alpha value is -3.74. The third-order valence-electron chi connectivity index (χ3n) is 14.1. The third-order valence-corrected chi connectivity index (χ3v) is 15.9. The summed E-state index contributed by atoms with van der Waals surface area (Å²) in [7, 11) is -3.82. The zero-order valence-corrected chi connectivity index (χ0v) is 33.4. The number of rotatable bonds is 8. The van der Waals surface area contributed by atoms with Crippen molar-refractivity contribution < 1.29 is 37.1 Å². The van der Waals surface area contributed by atoms with Crippen LogP contribution in [0.4, 0.5) is 0 Å². The fraction of sp³-hybridized carbons (Fsp3) is 0.698. The van der Waals surface area contributed by atoms with E-state index in [9.17, 15) is 32.4 Å². The number of ketones is 1. The van der Waals surface area contributed by atoms with Gasteiger partial charge in [-0.15, -0.1) is 0 Å². The molecule has 0 radical (unpaired) electrons. The highest BCUT2D eigenvalue weighted by Crippen LogP contribution is 2.58. The molecule has 5 fully saturated rings. The van der Waals surface area contributed by atoms with E-state index in [0.717, 1.165) is 76.0 Å². The van der Waals surface area contributed by atoms with Gasteiger partial charge in [0.05, 0.1) is 35.6 Å². The molecule has 1 aromatic carbocycles. The van der Waals surface area contributed by atoms with Crippen molar-refractivity contribution in [3.8, 4) is 5.88 Å². The number of Topliss-reactive ketones (excluding diaryl/α,β-unsaturated/α-hetero) is 1. The standard InChI is InChI=1S/C43H57N3O9S/c1-2-30-24-43(30,42(51)44-56(52,53)32-18-19-32)25-36(47)35-22-31-26-46(35)41(50)34(27-11-5-6-12-27)23-39(48)55-37-17-10-15-28(37)13-4-3-9-20-45-38(54-31)21-29-14-7-8-16-33(29)40(45)49/h7-8,14,16,21,27-28,30-32,34-35,37H,2-6,9-13,15,17-20,22-26H2,1H3,(H,44,51)/t28-,30+,31-,34+,35+,37-,43-/m1/s1. The average Bonchev–Trinajstić information content (AvgIpc) is 3.96. The van der Waals surface area contributed by atoms with Gasteiger partial charge in [-0.25, -0.2) is 8.42 Å². The van der Waals surface area contributed by atoms with Crippen molar-refractivity contribution in [3.05, 3.63) is 40.7 Å². The monoisotopic (exact) mass is 791 g/mol. The lowest BCUT2D eigenvalue weighted by molar-refractivity contribution is -0.156. The van der Waals surface area contributed by atoms with Gasteiger partial charge in [0, 0.05) is 30.8 Å². The van der Waals surface area contributed by atoms with E-state index >= 15 is 0 Å². The maximum atomic E-state index is 14.9. The quantitative estimate of drug-likeness (QED) is 0.326. The molecular formula is C43H57N3O9S. The van der Waals surface area contributed by atoms with Crippen LogP contribution in [0.15, 0.2) is 35.1 Å². The highest BCUT2D eigenvalue weighted by atomic mass is 32.2. The number of hydrogen-bond acceptors (Lipinski definition) is 9. The third kappa shape index (κ3) is 7.90. The Balaban J connectivity index is 1.13. The van der Waals surface area contributed by atoms with Gasteiger partial charge >= 0.3 is 5.97 Å². The number of aromatic nitrogens is 1. The van der Waals surface area contributed by atoms with Crippen LogP contribution in [0, 0.1) is 29.1 Å². The molecule has 304 valence electrons. The summed E-state index contributed by atoms with van der Waals surface area (Å²) in [6.07, 6.45) is 11.0. The number of benzene rings is 1. The Labute approximate surface area is 329 Å². The van der Waals surface area contributed by atoms with Crippen LogP contribution in [0.1, 0.15) is 122 Å². The molecule has 0 spiro atoms. The molecule has 1 N–H and O–H groups in total. The first-order valence-corrected chi connectivity index (χ1v) is 22.9. The van der Waals surface area contributed by atoms with Gasteiger partial charge in [0.25, 0.3) is 5.56 Å². The van der Waals surface area contributed by atoms with E-state index in [0.29, 0.717) is 43.5 Å². The Kier molecular flexibility index (Phi) is 11.1. The molecule has 2 aliphatic heterocycles. The smallest absolute Gasteiger partial charge is 0.306 e. The van der Waals surface area contributed by atoms with E-state index in [1.165, 1.54) is 0 Å². The predicted octanol–water partition coefficient (Wildman–Crippen LogP) is 5.82. The summed E-state index contributed by atoms with van der Waals surface area (Å²) in [6, 6.07) is 8.33. The summed E-state index contributed by atoms with van der Waals surface area (Å²) in [5.41, 5.74) is -1.32. The van der Waals surface area contributed by atoms with Gasteiger partial charge in [-0.3, -0.25) is 33.3 Å². The zero-order valence-electron chi connectivity index (χ0n) is 32.6. The molecule has 0 unspecified atom stereocenters. The summed E-state index contributed by atoms with van der Waals surface area (Å²) in [6.45, 7) is 2.45. The lowest BCUT2D eigenvalue weighted by Crippen LogP contribution is -2.47. The number of sulfonamides is 1. The van der Waals surface area contributed by atoms with Gasteiger partial charge in [0.1, 0.15) is 12.2 Å². The highest BCUT2D eigenvalue weighted by Gasteiger charge is 2.62. The summed E-state index contributed by atoms with van der Waals surface area (Å²) < 4.78 is 42.5. The van der Waals surface area contributed by atoms with Gasteiger partial charge < -0.3 is 14.4 Å². The fourth-order valence-electron chi connectivity index (χ4n) is 10.6. The minimum Gasteiger partial charge on any atom is -0.473 e. The minimum atomic E-state index is -3.82. The van der Waals surface area contributed by atoms with Crippen molar-refractivity contribution >= 4 is 44.4 Å². The van der Waals surface area contributed by atoms with Crippen LogP contribution in [-0.2, 0) is 40.5 Å². The van der Waals surface area contributed by atoms with E-state index in [4.69, 9.17) is 9.47 Å². The Morgan fingerprint density at radius 3 is 2.38 bits per heavy atom. The van der Waals surface area contributed by atoms with E-state index in [2.05, 4.69) is 4.72 Å². The normalized spacial score (nSPS) is 31.8. The van der Waals surface area contributed by atoms with Crippen LogP contribution in [0.2, 0.25) is 0 Å². The SMILES string of the molecule is CC[C@H]1C[C@]1(CC(=O)[C@@H]1C[C@@H]2CN1C(=O)[C@H](C1CCCC1)CC(=O)O[C@@H]1CCC[C@H]1CCCCCn1c(cc3ccccc3c1=O)O2)C(=O)NS(=O)(=O)C1CC1. The lowest BCUT2D eigenvalue weighted by Gasteiger charge is -2.31. The van der Waals surface area contributed by atoms with E-state index in [-0.39, 0.29) is 72.9 Å². The highest BCUT2D eigenvalue weighted by molar-refractivity contribution is 7.90. The number of pyridine rings is 1. The molecule has 3 heterocycles. The summed E-state index contributed by atoms with van der Waals surface area (Å²) in [5.74, 6) is -1.79. The number of hydrogen-bond donors (Lipinski definition) is 1. The van der Waals surface area contributed by atoms with Crippen LogP contribution in [0.25, 0.3) is 10.8 Å². The van der Waals surface area contributed by atoms with Crippen LogP contribution in [0.3, 0.4) is 0 Å². The van der Waals surface area contributed by atoms with Crippen LogP contribution in [-0.4, -0.2) is 71.5 Å². The first-order chi connectivity index (χ1) is 27.0. The number of nitrogens with one attached hydrogen (secondary N) is 1. The number of ether oxygens (including phenoxy) is 2. The molecule has 12 nitrogen and oxygen atoms in total. The second-order valence-corrected chi connectivity index (χ2v) is 19.7. The van der Waals surface area contributed by atoms with Gasteiger partial charge in [-0.2, -0.15) is 0 Å². The Bertz CT molecular complexity index is 2020. The van der Waals surface area contributed by atoms with Crippen LogP contribution in [0.5, 0.6) is 5.88 Å². The van der Waals surface area contributed by atoms with Gasteiger partial charge in [0.2, 0.25) is 21.8 Å². The zero-order chi connectivity index (χ0) is 39.2. The second kappa shape index (κ2) is 15.9. The van der Waals surface area contributed by atoms with E-state index in [1.54, 1.807) is 9.47 Å². The fourth-order valence-corrected chi connectivity index (χ4v) is 11.9. The summed E-state index contributed by atoms with van der Waals surface area (Å²) in [5, 5.41) is 0.754. The molecule has 8 rings (SSSR count). The second-order valence-electron chi connectivity index (χ2n) is 17.7. The number of nitrogens with zero attached hydrogens (tertiary/aromatic N) is 2. The first kappa shape index (κ1) is 39.1. The number of amides is 2. The van der Waals surface area contributed by atoms with Crippen molar-refractivity contribution in [2.45, 2.75) is 153 Å². The molecule has 1 saturated heterocycles. The number of fused-ring (bicyclic) bond motifs is 5. The van der Waals surface area contributed by atoms with Gasteiger partial charge in [0.15, 0.2) is 11.7 Å². The Morgan fingerprint density at radius 2 is 1.62 bits per heavy atom. The van der Waals surface area contributed by atoms with Crippen LogP contribution < -0.4 is 15.0 Å². The lowest BCUT2D eigenvalue weighted by atomic mass is 9.86. The topological polar surface area (TPSA) is 158 Å². The summed E-state index contributed by atoms with van der Waals surface area (Å²) >= 11 is 0. The van der Waals surface area contributed by atoms with Crippen molar-refractivity contribution in [1.82, 2.24) is 14.2 Å². The maximum Gasteiger partial charge on any atom is 0.306 e. The maximum absolute atomic E-state index is 14.9. The molecule has 7 atom stereocenters. The van der Waals surface area contributed by atoms with E-state index < -0.39 is 44.7 Å². The predicted molar refractivity (Wildman–Crippen MR) is 209 cm³/mol. The number of esters is 1. The molecule has 2 aromatic rings. The van der Waals surface area contributed by atoms with E-state index in [1.807, 2.05) is 37.3 Å². The Morgan fingerprint density at radius 1 is 0.893 bits per heavy atom. The van der Waals surface area contributed by atoms with Crippen molar-refractivity contribution in [1.29, 1.82) is 0 Å². The van der Waals surface area contributed by atoms with Crippen LogP contribution >= 0.6 is 0 Å². The molecule has 56 heavy (non-hydrogen) atoms. The van der Waals surface area contributed by atoms with Gasteiger partial charge in [-0.05, 0) is 93.4 Å². The summed E-state index contributed by atoms with van der Waals surface area (Å²) in [4.78, 5) is 72.6. The van der Waals surface area contributed by atoms with Gasteiger partial charge in [-0.1, -0.05) is 57.2 Å². The van der Waals surface area contributed by atoms with Crippen molar-refractivity contribution in [2.75, 3.05) is 6.54 Å². The molecule has 4 saturated carbocycles. The minimum absolute atomic E-state index is 0.0286. The molecule has 6 aliphatic rings. The molecule has 13 heteroatoms. The largest absolute Gasteiger partial charge is 0.473 e. The van der Waals surface area contributed by atoms with Crippen molar-refractivity contribution in [2.24, 2.45) is 29.1 Å². The van der Waals surface area contributed by atoms with Crippen molar-refractivity contribution in [3.63, 3.8) is 0 Å². The number of carbonyl (C=O) groups is 4.